The maximum atomic E-state index is 13.2. The van der Waals surface area contributed by atoms with Crippen molar-refractivity contribution in [1.29, 1.82) is 0 Å². The zero-order chi connectivity index (χ0) is 19.7. The van der Waals surface area contributed by atoms with E-state index in [1.165, 1.54) is 0 Å². The molecule has 0 amide bonds. The van der Waals surface area contributed by atoms with Gasteiger partial charge in [-0.15, -0.1) is 0 Å². The lowest BCUT2D eigenvalue weighted by molar-refractivity contribution is -0.119. The Morgan fingerprint density at radius 2 is 2.04 bits per heavy atom. The minimum absolute atomic E-state index is 0.0900. The molecule has 146 valence electrons. The molecule has 7 heteroatoms. The number of hydrogen-bond acceptors (Lipinski definition) is 5. The summed E-state index contributed by atoms with van der Waals surface area (Å²) in [4.78, 5) is 13.2. The molecule has 3 atom stereocenters. The summed E-state index contributed by atoms with van der Waals surface area (Å²) in [7, 11) is -0.819. The molecule has 0 spiro atoms. The maximum absolute atomic E-state index is 13.2. The fourth-order valence-electron chi connectivity index (χ4n) is 3.83. The van der Waals surface area contributed by atoms with Crippen molar-refractivity contribution < 1.29 is 14.3 Å². The summed E-state index contributed by atoms with van der Waals surface area (Å²) in [6, 6.07) is 14.9. The second kappa shape index (κ2) is 7.82. The molecule has 1 fully saturated rings. The highest BCUT2D eigenvalue weighted by atomic mass is 35.5. The van der Waals surface area contributed by atoms with E-state index >= 15 is 0 Å². The summed E-state index contributed by atoms with van der Waals surface area (Å²) in [6.45, 7) is 0. The molecule has 2 bridgehead atoms. The molecular formula is C21H23ClN2O3P+. The molecule has 2 aromatic rings. The summed E-state index contributed by atoms with van der Waals surface area (Å²) in [5.74, 6) is 1.28. The molecule has 28 heavy (non-hydrogen) atoms. The summed E-state index contributed by atoms with van der Waals surface area (Å²) in [6.07, 6.45) is 2.45. The van der Waals surface area contributed by atoms with E-state index in [-0.39, 0.29) is 5.52 Å². The van der Waals surface area contributed by atoms with Crippen LogP contribution in [-0.2, 0) is 16.0 Å². The third kappa shape index (κ3) is 3.43. The van der Waals surface area contributed by atoms with Crippen molar-refractivity contribution in [3.63, 3.8) is 0 Å². The Morgan fingerprint density at radius 3 is 2.75 bits per heavy atom. The minimum atomic E-state index is -2.46. The van der Waals surface area contributed by atoms with Gasteiger partial charge in [0.2, 0.25) is 13.3 Å². The molecule has 0 aliphatic carbocycles. The van der Waals surface area contributed by atoms with Gasteiger partial charge >= 0.3 is 5.52 Å². The number of ether oxygens (including phenoxy) is 2. The molecule has 0 aromatic heterocycles. The standard InChI is InChI=1S/C21H23ClN2O3P/c1-26-15-10-8-14(9-11-15)13-17(23)20-24-28(19-7-3-2-5-16(19)22)12-4-6-18(27-20)21(28)25/h2-3,5,7-11,17-18H,4,6,12-13,23H2,1H3/q+1. The molecule has 2 aliphatic rings. The number of rotatable bonds is 5. The predicted molar refractivity (Wildman–Crippen MR) is 114 cm³/mol. The monoisotopic (exact) mass is 417 g/mol. The first-order valence-corrected chi connectivity index (χ1v) is 11.7. The molecule has 3 unspecified atom stereocenters. The molecule has 0 saturated carbocycles. The number of nitrogens with two attached hydrogens (primary N) is 1. The van der Waals surface area contributed by atoms with Gasteiger partial charge in [0, 0.05) is 0 Å². The zero-order valence-electron chi connectivity index (χ0n) is 15.7. The zero-order valence-corrected chi connectivity index (χ0v) is 17.3. The summed E-state index contributed by atoms with van der Waals surface area (Å²) in [5.41, 5.74) is 7.61. The first kappa shape index (κ1) is 19.4. The highest BCUT2D eigenvalue weighted by Gasteiger charge is 2.60. The van der Waals surface area contributed by atoms with E-state index in [1.54, 1.807) is 7.11 Å². The van der Waals surface area contributed by atoms with Crippen molar-refractivity contribution in [2.75, 3.05) is 13.3 Å². The Morgan fingerprint density at radius 1 is 1.29 bits per heavy atom. The quantitative estimate of drug-likeness (QED) is 0.754. The van der Waals surface area contributed by atoms with Crippen molar-refractivity contribution in [1.82, 2.24) is 0 Å². The van der Waals surface area contributed by atoms with Crippen LogP contribution in [0.1, 0.15) is 18.4 Å². The number of halogens is 1. The van der Waals surface area contributed by atoms with E-state index in [0.717, 1.165) is 29.2 Å². The van der Waals surface area contributed by atoms with Crippen molar-refractivity contribution in [2.24, 2.45) is 10.5 Å². The third-order valence-corrected chi connectivity index (χ3v) is 9.47. The van der Waals surface area contributed by atoms with Crippen molar-refractivity contribution >= 4 is 35.7 Å². The molecule has 0 radical (unpaired) electrons. The van der Waals surface area contributed by atoms with E-state index in [9.17, 15) is 4.79 Å². The van der Waals surface area contributed by atoms with Gasteiger partial charge in [-0.2, -0.15) is 0 Å². The maximum Gasteiger partial charge on any atom is 0.337 e. The van der Waals surface area contributed by atoms with Crippen LogP contribution in [0.4, 0.5) is 0 Å². The van der Waals surface area contributed by atoms with Gasteiger partial charge in [-0.1, -0.05) is 40.6 Å². The average Bonchev–Trinajstić information content (AvgIpc) is 2.69. The van der Waals surface area contributed by atoms with E-state index in [1.807, 2.05) is 48.5 Å². The number of nitrogens with zero attached hydrogens (tertiary/aromatic N) is 1. The lowest BCUT2D eigenvalue weighted by Gasteiger charge is -2.35. The number of carbonyl (C=O) groups is 1. The number of carbonyl (C=O) groups excluding carboxylic acids is 1. The molecule has 2 aromatic carbocycles. The van der Waals surface area contributed by atoms with Crippen molar-refractivity contribution in [3.8, 4) is 5.75 Å². The summed E-state index contributed by atoms with van der Waals surface area (Å²) >= 11 is 6.47. The van der Waals surface area contributed by atoms with Crippen LogP contribution in [0.25, 0.3) is 0 Å². The van der Waals surface area contributed by atoms with Crippen LogP contribution in [-0.4, -0.2) is 36.8 Å². The summed E-state index contributed by atoms with van der Waals surface area (Å²) < 4.78 is 16.1. The van der Waals surface area contributed by atoms with Crippen LogP contribution in [0.3, 0.4) is 0 Å². The van der Waals surface area contributed by atoms with Crippen LogP contribution in [0.15, 0.2) is 53.3 Å². The van der Waals surface area contributed by atoms with Gasteiger partial charge in [-0.05, 0) is 49.1 Å². The molecule has 5 nitrogen and oxygen atoms in total. The third-order valence-electron chi connectivity index (χ3n) is 5.30. The molecule has 2 aliphatic heterocycles. The molecule has 2 heterocycles. The van der Waals surface area contributed by atoms with E-state index in [2.05, 4.69) is 0 Å². The fraction of sp³-hybridized carbons (Fsp3) is 0.333. The van der Waals surface area contributed by atoms with Crippen LogP contribution in [0.5, 0.6) is 5.75 Å². The Hall–Kier alpha value is -1.94. The largest absolute Gasteiger partial charge is 0.497 e. The lowest BCUT2D eigenvalue weighted by Crippen LogP contribution is -2.47. The predicted octanol–water partition coefficient (Wildman–Crippen LogP) is 3.59. The van der Waals surface area contributed by atoms with E-state index < -0.39 is 19.6 Å². The number of benzene rings is 2. The van der Waals surface area contributed by atoms with E-state index in [4.69, 9.17) is 31.6 Å². The Kier molecular flexibility index (Phi) is 5.42. The van der Waals surface area contributed by atoms with Gasteiger partial charge in [-0.25, -0.2) is 4.79 Å². The average molecular weight is 418 g/mol. The van der Waals surface area contributed by atoms with Crippen LogP contribution >= 0.6 is 19.0 Å². The Bertz CT molecular complexity index is 918. The Labute approximate surface area is 170 Å². The van der Waals surface area contributed by atoms with Gasteiger partial charge in [0.25, 0.3) is 0 Å². The number of fused-ring (bicyclic) bond motifs is 2. The molecule has 4 rings (SSSR count). The molecular weight excluding hydrogens is 395 g/mol. The fourth-order valence-corrected chi connectivity index (χ4v) is 7.98. The second-order valence-electron chi connectivity index (χ2n) is 7.13. The molecule has 1 saturated heterocycles. The van der Waals surface area contributed by atoms with E-state index in [0.29, 0.717) is 23.8 Å². The first-order valence-electron chi connectivity index (χ1n) is 9.36. The normalized spacial score (nSPS) is 24.9. The van der Waals surface area contributed by atoms with Crippen LogP contribution in [0.2, 0.25) is 5.02 Å². The highest BCUT2D eigenvalue weighted by Crippen LogP contribution is 2.66. The van der Waals surface area contributed by atoms with Gasteiger partial charge < -0.3 is 15.2 Å². The van der Waals surface area contributed by atoms with Crippen LogP contribution in [0, 0.1) is 0 Å². The second-order valence-corrected chi connectivity index (χ2v) is 10.6. The minimum Gasteiger partial charge on any atom is -0.497 e. The lowest BCUT2D eigenvalue weighted by atomic mass is 10.1. The van der Waals surface area contributed by atoms with Gasteiger partial charge in [0.05, 0.1) is 24.3 Å². The highest BCUT2D eigenvalue weighted by molar-refractivity contribution is 7.96. The summed E-state index contributed by atoms with van der Waals surface area (Å²) in [5, 5.41) is 1.45. The Balaban J connectivity index is 1.67. The van der Waals surface area contributed by atoms with Crippen LogP contribution < -0.4 is 15.8 Å². The number of methoxy groups -OCH3 is 1. The first-order chi connectivity index (χ1) is 13.5. The van der Waals surface area contributed by atoms with Gasteiger partial charge in [0.15, 0.2) is 6.10 Å². The van der Waals surface area contributed by atoms with Crippen molar-refractivity contribution in [2.45, 2.75) is 31.4 Å². The number of hydrogen-bond donors (Lipinski definition) is 1. The van der Waals surface area contributed by atoms with Gasteiger partial charge in [0.1, 0.15) is 11.1 Å². The van der Waals surface area contributed by atoms with Gasteiger partial charge in [-0.3, -0.25) is 0 Å². The molecule has 2 N–H and O–H groups in total. The van der Waals surface area contributed by atoms with Crippen molar-refractivity contribution in [3.05, 3.63) is 59.1 Å². The topological polar surface area (TPSA) is 73.9 Å². The SMILES string of the molecule is COc1ccc(CC(N)C2=N[P+]3(c4ccccc4Cl)CCCC(O2)C3=O)cc1. The smallest absolute Gasteiger partial charge is 0.337 e.